The van der Waals surface area contributed by atoms with Gasteiger partial charge in [0.2, 0.25) is 5.91 Å². The maximum atomic E-state index is 12.5. The molecule has 4 rings (SSSR count). The molecule has 2 heterocycles. The number of likely N-dealkylation sites (tertiary alicyclic amines) is 1. The zero-order chi connectivity index (χ0) is 20.9. The van der Waals surface area contributed by atoms with Crippen molar-refractivity contribution in [2.24, 2.45) is 0 Å². The van der Waals surface area contributed by atoms with Crippen LogP contribution in [0.2, 0.25) is 0 Å². The van der Waals surface area contributed by atoms with Gasteiger partial charge < -0.3 is 14.2 Å². The molecule has 1 atom stereocenters. The Balaban J connectivity index is 1.60. The van der Waals surface area contributed by atoms with Gasteiger partial charge in [-0.1, -0.05) is 43.3 Å². The van der Waals surface area contributed by atoms with Crippen molar-refractivity contribution in [3.8, 4) is 5.75 Å². The van der Waals surface area contributed by atoms with Crippen molar-refractivity contribution in [1.29, 1.82) is 0 Å². The van der Waals surface area contributed by atoms with E-state index in [1.165, 1.54) is 0 Å². The lowest BCUT2D eigenvalue weighted by Gasteiger charge is -2.25. The van der Waals surface area contributed by atoms with Crippen LogP contribution < -0.4 is 4.74 Å². The Bertz CT molecular complexity index is 1040. The standard InChI is InChI=1S/C25H29N3O2/c1-3-10-19-11-5-8-15-23(19)30-18-17-28-21-13-7-6-12-20(21)26-25(28)22-14-9-16-27(22)24(29)4-2/h3,5-8,11-13,15,22H,1,4,9-10,14,16-18H2,2H3/t22-/m1/s1. The zero-order valence-electron chi connectivity index (χ0n) is 17.6. The number of hydrogen-bond donors (Lipinski definition) is 0. The summed E-state index contributed by atoms with van der Waals surface area (Å²) in [6, 6.07) is 16.3. The maximum absolute atomic E-state index is 12.5. The number of ether oxygens (including phenoxy) is 1. The van der Waals surface area contributed by atoms with E-state index in [1.54, 1.807) is 0 Å². The topological polar surface area (TPSA) is 47.4 Å². The van der Waals surface area contributed by atoms with Gasteiger partial charge in [-0.3, -0.25) is 4.79 Å². The molecule has 1 saturated heterocycles. The zero-order valence-corrected chi connectivity index (χ0v) is 17.6. The van der Waals surface area contributed by atoms with Crippen molar-refractivity contribution in [3.63, 3.8) is 0 Å². The first-order valence-corrected chi connectivity index (χ1v) is 10.8. The monoisotopic (exact) mass is 403 g/mol. The first kappa shape index (κ1) is 20.2. The molecular weight excluding hydrogens is 374 g/mol. The molecule has 0 spiro atoms. The molecule has 1 aliphatic heterocycles. The first-order valence-electron chi connectivity index (χ1n) is 10.8. The largest absolute Gasteiger partial charge is 0.491 e. The molecule has 156 valence electrons. The quantitative estimate of drug-likeness (QED) is 0.502. The van der Waals surface area contributed by atoms with Crippen LogP contribution in [0.25, 0.3) is 11.0 Å². The molecule has 0 N–H and O–H groups in total. The lowest BCUT2D eigenvalue weighted by Crippen LogP contribution is -2.31. The van der Waals surface area contributed by atoms with Gasteiger partial charge >= 0.3 is 0 Å². The number of carbonyl (C=O) groups excluding carboxylic acids is 1. The van der Waals surface area contributed by atoms with Crippen LogP contribution in [0.15, 0.2) is 61.2 Å². The van der Waals surface area contributed by atoms with Crippen molar-refractivity contribution >= 4 is 16.9 Å². The Morgan fingerprint density at radius 1 is 1.23 bits per heavy atom. The molecule has 0 radical (unpaired) electrons. The lowest BCUT2D eigenvalue weighted by atomic mass is 10.1. The Kier molecular flexibility index (Phi) is 6.17. The number of para-hydroxylation sites is 3. The highest BCUT2D eigenvalue weighted by atomic mass is 16.5. The number of amides is 1. The van der Waals surface area contributed by atoms with E-state index in [2.05, 4.69) is 23.3 Å². The third kappa shape index (κ3) is 3.97. The van der Waals surface area contributed by atoms with Gasteiger partial charge in [-0.2, -0.15) is 0 Å². The number of imidazole rings is 1. The average molecular weight is 404 g/mol. The van der Waals surface area contributed by atoms with Crippen LogP contribution >= 0.6 is 0 Å². The fraction of sp³-hybridized carbons (Fsp3) is 0.360. The number of allylic oxidation sites excluding steroid dienone is 1. The highest BCUT2D eigenvalue weighted by Gasteiger charge is 2.32. The molecule has 0 saturated carbocycles. The van der Waals surface area contributed by atoms with E-state index >= 15 is 0 Å². The van der Waals surface area contributed by atoms with Crippen LogP contribution in [0.3, 0.4) is 0 Å². The van der Waals surface area contributed by atoms with E-state index < -0.39 is 0 Å². The van der Waals surface area contributed by atoms with E-state index in [0.717, 1.165) is 54.0 Å². The summed E-state index contributed by atoms with van der Waals surface area (Å²) >= 11 is 0. The van der Waals surface area contributed by atoms with Gasteiger partial charge in [-0.25, -0.2) is 4.98 Å². The van der Waals surface area contributed by atoms with Crippen LogP contribution in [0.1, 0.15) is 43.6 Å². The summed E-state index contributed by atoms with van der Waals surface area (Å²) in [5.74, 6) is 2.07. The second kappa shape index (κ2) is 9.16. The van der Waals surface area contributed by atoms with Gasteiger partial charge in [0.25, 0.3) is 0 Å². The maximum Gasteiger partial charge on any atom is 0.222 e. The molecule has 0 aliphatic carbocycles. The highest BCUT2D eigenvalue weighted by Crippen LogP contribution is 2.34. The van der Waals surface area contributed by atoms with Crippen molar-refractivity contribution in [1.82, 2.24) is 14.5 Å². The molecule has 3 aromatic rings. The van der Waals surface area contributed by atoms with Gasteiger partial charge in [0.05, 0.1) is 23.6 Å². The molecule has 2 aromatic carbocycles. The molecule has 1 aromatic heterocycles. The minimum atomic E-state index is 0.0397. The Labute approximate surface area is 178 Å². The van der Waals surface area contributed by atoms with Gasteiger partial charge in [0, 0.05) is 13.0 Å². The Morgan fingerprint density at radius 3 is 2.87 bits per heavy atom. The predicted molar refractivity (Wildman–Crippen MR) is 120 cm³/mol. The number of aromatic nitrogens is 2. The molecule has 0 bridgehead atoms. The summed E-state index contributed by atoms with van der Waals surface area (Å²) in [4.78, 5) is 19.4. The average Bonchev–Trinajstić information content (AvgIpc) is 3.39. The number of nitrogens with zero attached hydrogens (tertiary/aromatic N) is 3. The molecule has 5 heteroatoms. The fourth-order valence-electron chi connectivity index (χ4n) is 4.34. The third-order valence-electron chi connectivity index (χ3n) is 5.77. The number of carbonyl (C=O) groups is 1. The Morgan fingerprint density at radius 2 is 2.03 bits per heavy atom. The van der Waals surface area contributed by atoms with Crippen LogP contribution in [0.5, 0.6) is 5.75 Å². The normalized spacial score (nSPS) is 16.2. The molecule has 1 amide bonds. The summed E-state index contributed by atoms with van der Waals surface area (Å²) in [6.07, 6.45) is 5.18. The van der Waals surface area contributed by atoms with E-state index in [0.29, 0.717) is 19.6 Å². The first-order chi connectivity index (χ1) is 14.7. The van der Waals surface area contributed by atoms with E-state index in [9.17, 15) is 4.79 Å². The van der Waals surface area contributed by atoms with Crippen LogP contribution in [0, 0.1) is 0 Å². The van der Waals surface area contributed by atoms with Crippen LogP contribution in [-0.2, 0) is 17.8 Å². The number of rotatable bonds is 8. The summed E-state index contributed by atoms with van der Waals surface area (Å²) in [6.45, 7) is 7.79. The van der Waals surface area contributed by atoms with Crippen molar-refractivity contribution < 1.29 is 9.53 Å². The van der Waals surface area contributed by atoms with E-state index in [-0.39, 0.29) is 11.9 Å². The Hall–Kier alpha value is -3.08. The molecular formula is C25H29N3O2. The summed E-state index contributed by atoms with van der Waals surface area (Å²) in [5, 5.41) is 0. The number of benzene rings is 2. The summed E-state index contributed by atoms with van der Waals surface area (Å²) < 4.78 is 8.38. The lowest BCUT2D eigenvalue weighted by molar-refractivity contribution is -0.131. The molecule has 5 nitrogen and oxygen atoms in total. The smallest absolute Gasteiger partial charge is 0.222 e. The van der Waals surface area contributed by atoms with Gasteiger partial charge in [0.1, 0.15) is 18.2 Å². The van der Waals surface area contributed by atoms with Gasteiger partial charge in [-0.15, -0.1) is 6.58 Å². The third-order valence-corrected chi connectivity index (χ3v) is 5.77. The van der Waals surface area contributed by atoms with Crippen molar-refractivity contribution in [2.45, 2.75) is 45.2 Å². The highest BCUT2D eigenvalue weighted by molar-refractivity contribution is 5.78. The summed E-state index contributed by atoms with van der Waals surface area (Å²) in [5.41, 5.74) is 3.19. The minimum absolute atomic E-state index is 0.0397. The van der Waals surface area contributed by atoms with Crippen LogP contribution in [0.4, 0.5) is 0 Å². The molecule has 1 fully saturated rings. The summed E-state index contributed by atoms with van der Waals surface area (Å²) in [7, 11) is 0. The van der Waals surface area contributed by atoms with Gasteiger partial charge in [0.15, 0.2) is 0 Å². The molecule has 0 unspecified atom stereocenters. The van der Waals surface area contributed by atoms with Gasteiger partial charge in [-0.05, 0) is 43.0 Å². The van der Waals surface area contributed by atoms with Crippen molar-refractivity contribution in [2.75, 3.05) is 13.2 Å². The van der Waals surface area contributed by atoms with E-state index in [4.69, 9.17) is 9.72 Å². The van der Waals surface area contributed by atoms with Crippen LogP contribution in [-0.4, -0.2) is 33.5 Å². The predicted octanol–water partition coefficient (Wildman–Crippen LogP) is 4.92. The number of hydrogen-bond acceptors (Lipinski definition) is 3. The number of fused-ring (bicyclic) bond motifs is 1. The SMILES string of the molecule is C=CCc1ccccc1OCCn1c([C@H]2CCCN2C(=O)CC)nc2ccccc21. The molecule has 30 heavy (non-hydrogen) atoms. The fourth-order valence-corrected chi connectivity index (χ4v) is 4.34. The minimum Gasteiger partial charge on any atom is -0.491 e. The molecule has 1 aliphatic rings. The van der Waals surface area contributed by atoms with Crippen molar-refractivity contribution in [3.05, 3.63) is 72.6 Å². The van der Waals surface area contributed by atoms with E-state index in [1.807, 2.05) is 54.3 Å². The second-order valence-electron chi connectivity index (χ2n) is 7.66. The second-order valence-corrected chi connectivity index (χ2v) is 7.66.